The van der Waals surface area contributed by atoms with E-state index < -0.39 is 25.8 Å². The van der Waals surface area contributed by atoms with Gasteiger partial charge in [-0.25, -0.2) is 0 Å². The molecule has 62 heavy (non-hydrogen) atoms. The van der Waals surface area contributed by atoms with E-state index in [2.05, 4.69) is 175 Å². The third kappa shape index (κ3) is 10.7. The number of ether oxygens (including phenoxy) is 1. The van der Waals surface area contributed by atoms with Crippen LogP contribution in [-0.4, -0.2) is 17.6 Å². The van der Waals surface area contributed by atoms with Gasteiger partial charge in [-0.1, -0.05) is 0 Å². The minimum absolute atomic E-state index is 0. The van der Waals surface area contributed by atoms with E-state index in [1.54, 1.807) is 50.1 Å². The van der Waals surface area contributed by atoms with Gasteiger partial charge in [0.2, 0.25) is 0 Å². The molecule has 5 heteroatoms. The summed E-state index contributed by atoms with van der Waals surface area (Å²) in [6.45, 7) is 34.4. The minimum Gasteiger partial charge on any atom is -1.00 e. The summed E-state index contributed by atoms with van der Waals surface area (Å²) in [6.07, 6.45) is 12.5. The molecule has 0 heterocycles. The first-order valence-electron chi connectivity index (χ1n) is 23.5. The molecule has 0 saturated carbocycles. The maximum Gasteiger partial charge on any atom is -1.00 e. The number of rotatable bonds is 12. The summed E-state index contributed by atoms with van der Waals surface area (Å²) in [5, 5.41) is 0. The fraction of sp³-hybridized carbons (Fsp3) is 0.509. The van der Waals surface area contributed by atoms with E-state index in [4.69, 9.17) is 4.74 Å². The van der Waals surface area contributed by atoms with Crippen LogP contribution in [0.3, 0.4) is 0 Å². The second-order valence-corrected chi connectivity index (χ2v) is 39.9. The number of unbranched alkanes of at least 4 members (excludes halogenated alkanes) is 3. The molecule has 0 aromatic heterocycles. The van der Waals surface area contributed by atoms with Gasteiger partial charge in [0.1, 0.15) is 0 Å². The Morgan fingerprint density at radius 2 is 1.29 bits per heavy atom. The van der Waals surface area contributed by atoms with Crippen molar-refractivity contribution in [3.63, 3.8) is 0 Å². The van der Waals surface area contributed by atoms with Crippen molar-refractivity contribution in [1.82, 2.24) is 0 Å². The van der Waals surface area contributed by atoms with Crippen LogP contribution in [-0.2, 0) is 48.8 Å². The zero-order chi connectivity index (χ0) is 43.3. The number of hydrogen-bond acceptors (Lipinski definition) is 1. The molecule has 0 fully saturated rings. The van der Waals surface area contributed by atoms with Crippen molar-refractivity contribution in [3.05, 3.63) is 128 Å². The number of hydrogen-bond donors (Lipinski definition) is 0. The standard InChI is InChI=1S/C33H45O.C22H25.C2H6Si.2ClH.Zr/c1-23-21-26-22-25-13-12-15-29(25)30(24-16-18-27(19-17-24)32(2,3)4)31(26)28(23)14-10-8-9-11-20-34-33(5,6)7;1-15(2)18-13-17-7-6-8-20(21(17)14-18)16-9-11-19(12-10-16)22(3,4)5;1-3-2;;;/h16-19,21-22H,8-15,20H2,1-7H3;6-15H,1-5H3;1-2H3;2*1H;/q;;;;;+2/p-2. The third-order valence-corrected chi connectivity index (χ3v) is 33.4. The summed E-state index contributed by atoms with van der Waals surface area (Å²) in [7, 11) is 0. The fourth-order valence-electron chi connectivity index (χ4n) is 10.7. The van der Waals surface area contributed by atoms with Crippen LogP contribution < -0.4 is 24.8 Å². The summed E-state index contributed by atoms with van der Waals surface area (Å²) in [5.41, 5.74) is 23.4. The van der Waals surface area contributed by atoms with Gasteiger partial charge < -0.3 is 24.8 Å². The van der Waals surface area contributed by atoms with Gasteiger partial charge in [-0.3, -0.25) is 0 Å². The summed E-state index contributed by atoms with van der Waals surface area (Å²) in [6, 6.07) is 29.5. The SMILES string of the molecule is CC1=C(CCCCCCOC(C)(C)C)c2c(cc3c(c2-c2ccc(C(C)(C)C)cc2)CCC3)[CH]1[Zr+2]([CH]1C(C(C)C)=Cc2c(-c3ccc(C(C)(C)C)cc3)cccc21)=[Si](C)C.[Cl-].[Cl-]. The molecule has 4 aromatic rings. The largest absolute Gasteiger partial charge is 1.00 e. The number of allylic oxidation sites excluding steroid dienone is 3. The Bertz CT molecular complexity index is 2320. The van der Waals surface area contributed by atoms with Crippen LogP contribution in [0.25, 0.3) is 33.9 Å². The number of fused-ring (bicyclic) bond motifs is 3. The van der Waals surface area contributed by atoms with Gasteiger partial charge in [0.15, 0.2) is 0 Å². The Labute approximate surface area is 398 Å². The van der Waals surface area contributed by atoms with Crippen molar-refractivity contribution in [2.45, 2.75) is 171 Å². The second-order valence-electron chi connectivity index (χ2n) is 22.1. The molecule has 2 unspecified atom stereocenters. The molecule has 332 valence electrons. The summed E-state index contributed by atoms with van der Waals surface area (Å²) in [4.78, 5) is 0. The van der Waals surface area contributed by atoms with Crippen molar-refractivity contribution >= 4 is 17.1 Å². The molecule has 1 nitrogen and oxygen atoms in total. The average molecular weight is 967 g/mol. The summed E-state index contributed by atoms with van der Waals surface area (Å²) in [5.74, 6) is 0.527. The van der Waals surface area contributed by atoms with Crippen LogP contribution in [0.5, 0.6) is 0 Å². The Hall–Kier alpha value is -2.00. The average Bonchev–Trinajstić information content (AvgIpc) is 3.87. The van der Waals surface area contributed by atoms with Crippen LogP contribution in [0.4, 0.5) is 0 Å². The Morgan fingerprint density at radius 3 is 1.85 bits per heavy atom. The molecule has 0 saturated heterocycles. The Kier molecular flexibility index (Phi) is 16.7. The quantitative estimate of drug-likeness (QED) is 0.102. The van der Waals surface area contributed by atoms with Gasteiger partial charge in [0, 0.05) is 0 Å². The maximum absolute atomic E-state index is 6.12. The van der Waals surface area contributed by atoms with Crippen molar-refractivity contribution in [2.24, 2.45) is 5.92 Å². The molecule has 7 rings (SSSR count). The molecule has 0 aliphatic heterocycles. The Morgan fingerprint density at radius 1 is 0.694 bits per heavy atom. The predicted octanol–water partition coefficient (Wildman–Crippen LogP) is 10.4. The molecule has 2 atom stereocenters. The second kappa shape index (κ2) is 20.3. The van der Waals surface area contributed by atoms with E-state index in [0.29, 0.717) is 13.2 Å². The number of benzene rings is 4. The maximum atomic E-state index is 6.12. The van der Waals surface area contributed by atoms with Gasteiger partial charge >= 0.3 is 377 Å². The molecule has 0 spiro atoms. The van der Waals surface area contributed by atoms with E-state index in [9.17, 15) is 0 Å². The zero-order valence-electron chi connectivity index (χ0n) is 40.8. The molecular weight excluding hydrogens is 891 g/mol. The third-order valence-electron chi connectivity index (χ3n) is 13.9. The van der Waals surface area contributed by atoms with E-state index in [1.807, 2.05) is 0 Å². The monoisotopic (exact) mass is 964 g/mol. The fourth-order valence-corrected chi connectivity index (χ4v) is 31.6. The zero-order valence-corrected chi connectivity index (χ0v) is 45.7. The van der Waals surface area contributed by atoms with Crippen LogP contribution in [0.2, 0.25) is 13.1 Å². The van der Waals surface area contributed by atoms with E-state index in [0.717, 1.165) is 13.0 Å². The van der Waals surface area contributed by atoms with Crippen LogP contribution in [0, 0.1) is 5.92 Å². The van der Waals surface area contributed by atoms with Gasteiger partial charge in [0.05, 0.1) is 0 Å². The first-order chi connectivity index (χ1) is 28.3. The van der Waals surface area contributed by atoms with Crippen LogP contribution in [0.15, 0.2) is 83.9 Å². The van der Waals surface area contributed by atoms with Crippen LogP contribution >= 0.6 is 0 Å². The van der Waals surface area contributed by atoms with Crippen molar-refractivity contribution < 1.29 is 49.9 Å². The van der Waals surface area contributed by atoms with Crippen molar-refractivity contribution in [2.75, 3.05) is 6.61 Å². The van der Waals surface area contributed by atoms with Crippen molar-refractivity contribution in [3.8, 4) is 22.3 Å². The molecule has 0 N–H and O–H groups in total. The molecular formula is C57H76Cl2OSiZr. The summed E-state index contributed by atoms with van der Waals surface area (Å²) >= 11 is -2.39. The van der Waals surface area contributed by atoms with Gasteiger partial charge in [0.25, 0.3) is 0 Å². The summed E-state index contributed by atoms with van der Waals surface area (Å²) < 4.78 is 7.34. The number of aryl methyl sites for hydroxylation is 1. The Balaban J connectivity index is 0.00000363. The minimum atomic E-state index is -2.39. The topological polar surface area (TPSA) is 9.23 Å². The first-order valence-corrected chi connectivity index (χ1v) is 32.5. The van der Waals surface area contributed by atoms with Gasteiger partial charge in [-0.15, -0.1) is 0 Å². The number of halogens is 2. The van der Waals surface area contributed by atoms with Crippen molar-refractivity contribution in [1.29, 1.82) is 0 Å². The van der Waals surface area contributed by atoms with Gasteiger partial charge in [-0.05, 0) is 0 Å². The molecule has 0 bridgehead atoms. The molecule has 4 aromatic carbocycles. The molecule has 0 amide bonds. The van der Waals surface area contributed by atoms with E-state index in [-0.39, 0.29) is 41.2 Å². The molecule has 0 radical (unpaired) electrons. The smallest absolute Gasteiger partial charge is 1.00 e. The normalized spacial score (nSPS) is 16.9. The van der Waals surface area contributed by atoms with Gasteiger partial charge in [-0.2, -0.15) is 0 Å². The predicted molar refractivity (Wildman–Crippen MR) is 260 cm³/mol. The first kappa shape index (κ1) is 51.0. The van der Waals surface area contributed by atoms with Crippen LogP contribution in [0.1, 0.15) is 173 Å². The molecule has 3 aliphatic carbocycles. The molecule has 3 aliphatic rings. The van der Waals surface area contributed by atoms with E-state index >= 15 is 0 Å². The van der Waals surface area contributed by atoms with E-state index in [1.165, 1.54) is 78.3 Å².